The second kappa shape index (κ2) is 10.2. The molecule has 6 heteroatoms. The molecule has 0 bridgehead atoms. The number of aromatic nitrogens is 1. The molecule has 6 nitrogen and oxygen atoms in total. The summed E-state index contributed by atoms with van der Waals surface area (Å²) in [5, 5.41) is 2.86. The fourth-order valence-electron chi connectivity index (χ4n) is 3.08. The van der Waals surface area contributed by atoms with Gasteiger partial charge >= 0.3 is 5.97 Å². The van der Waals surface area contributed by atoms with Gasteiger partial charge in [0.15, 0.2) is 5.78 Å². The van der Waals surface area contributed by atoms with Crippen LogP contribution >= 0.6 is 0 Å². The Balaban J connectivity index is 1.67. The molecule has 0 spiro atoms. The Morgan fingerprint density at radius 2 is 1.77 bits per heavy atom. The van der Waals surface area contributed by atoms with E-state index in [1.165, 1.54) is 6.08 Å². The molecule has 1 amide bonds. The monoisotopic (exact) mass is 416 g/mol. The van der Waals surface area contributed by atoms with Crippen molar-refractivity contribution < 1.29 is 19.1 Å². The van der Waals surface area contributed by atoms with Crippen LogP contribution < -0.4 is 5.32 Å². The number of hydrogen-bond acceptors (Lipinski definition) is 4. The molecule has 0 saturated heterocycles. The number of hydrogen-bond donors (Lipinski definition) is 1. The summed E-state index contributed by atoms with van der Waals surface area (Å²) in [6, 6.07) is 17.9. The molecule has 158 valence electrons. The van der Waals surface area contributed by atoms with Gasteiger partial charge in [0.25, 0.3) is 5.91 Å². The third kappa shape index (κ3) is 6.02. The van der Waals surface area contributed by atoms with Crippen LogP contribution in [0.3, 0.4) is 0 Å². The standard InChI is InChI=1S/C25H24N2O4/c1-3-31-24(29)13-12-22-16-20(17-27(22)2)23(28)15-18-8-7-11-21(14-18)26-25(30)19-9-5-4-6-10-19/h4-14,16-17H,3,15H2,1-2H3,(H,26,30)/b13-12+. The van der Waals surface area contributed by atoms with Crippen molar-refractivity contribution in [3.63, 3.8) is 0 Å². The minimum atomic E-state index is -0.425. The minimum Gasteiger partial charge on any atom is -0.463 e. The van der Waals surface area contributed by atoms with Crippen molar-refractivity contribution in [2.45, 2.75) is 13.3 Å². The van der Waals surface area contributed by atoms with Gasteiger partial charge in [0.2, 0.25) is 0 Å². The van der Waals surface area contributed by atoms with E-state index >= 15 is 0 Å². The molecule has 3 rings (SSSR count). The van der Waals surface area contributed by atoms with Crippen molar-refractivity contribution in [3.8, 4) is 0 Å². The molecule has 0 aliphatic heterocycles. The first-order chi connectivity index (χ1) is 15.0. The molecule has 0 unspecified atom stereocenters. The van der Waals surface area contributed by atoms with Crippen LogP contribution in [0.25, 0.3) is 6.08 Å². The van der Waals surface area contributed by atoms with Gasteiger partial charge < -0.3 is 14.6 Å². The quantitative estimate of drug-likeness (QED) is 0.338. The third-order valence-corrected chi connectivity index (χ3v) is 4.63. The van der Waals surface area contributed by atoms with E-state index in [0.717, 1.165) is 11.3 Å². The maximum absolute atomic E-state index is 12.8. The Bertz CT molecular complexity index is 1110. The van der Waals surface area contributed by atoms with Gasteiger partial charge in [-0.3, -0.25) is 9.59 Å². The van der Waals surface area contributed by atoms with E-state index < -0.39 is 5.97 Å². The maximum atomic E-state index is 12.8. The van der Waals surface area contributed by atoms with E-state index in [4.69, 9.17) is 4.74 Å². The third-order valence-electron chi connectivity index (χ3n) is 4.63. The van der Waals surface area contributed by atoms with Crippen molar-refractivity contribution in [1.82, 2.24) is 4.57 Å². The lowest BCUT2D eigenvalue weighted by atomic mass is 10.0. The summed E-state index contributed by atoms with van der Waals surface area (Å²) in [5.41, 5.74) is 3.26. The lowest BCUT2D eigenvalue weighted by Crippen LogP contribution is -2.12. The lowest BCUT2D eigenvalue weighted by Gasteiger charge is -2.07. The van der Waals surface area contributed by atoms with Crippen molar-refractivity contribution in [2.75, 3.05) is 11.9 Å². The van der Waals surface area contributed by atoms with E-state index in [1.807, 2.05) is 18.2 Å². The lowest BCUT2D eigenvalue weighted by molar-refractivity contribution is -0.137. The van der Waals surface area contributed by atoms with Crippen LogP contribution in [0.15, 0.2) is 72.9 Å². The predicted octanol–water partition coefficient (Wildman–Crippen LogP) is 4.28. The van der Waals surface area contributed by atoms with Crippen LogP contribution in [0, 0.1) is 0 Å². The summed E-state index contributed by atoms with van der Waals surface area (Å²) in [6.45, 7) is 2.05. The maximum Gasteiger partial charge on any atom is 0.330 e. The van der Waals surface area contributed by atoms with Crippen LogP contribution in [0.1, 0.15) is 38.9 Å². The second-order valence-electron chi connectivity index (χ2n) is 6.97. The zero-order valence-corrected chi connectivity index (χ0v) is 17.5. The highest BCUT2D eigenvalue weighted by molar-refractivity contribution is 6.04. The summed E-state index contributed by atoms with van der Waals surface area (Å²) in [6.07, 6.45) is 4.88. The molecule has 0 radical (unpaired) electrons. The summed E-state index contributed by atoms with van der Waals surface area (Å²) in [4.78, 5) is 36.6. The molecule has 0 aliphatic rings. The fraction of sp³-hybridized carbons (Fsp3) is 0.160. The summed E-state index contributed by atoms with van der Waals surface area (Å²) < 4.78 is 6.65. The van der Waals surface area contributed by atoms with E-state index in [0.29, 0.717) is 23.4 Å². The van der Waals surface area contributed by atoms with E-state index in [-0.39, 0.29) is 18.1 Å². The first-order valence-corrected chi connectivity index (χ1v) is 9.96. The number of anilines is 1. The van der Waals surface area contributed by atoms with Gasteiger partial charge in [0.1, 0.15) is 0 Å². The molecule has 1 aromatic heterocycles. The van der Waals surface area contributed by atoms with Crippen LogP contribution in [0.5, 0.6) is 0 Å². The SMILES string of the molecule is CCOC(=O)/C=C/c1cc(C(=O)Cc2cccc(NC(=O)c3ccccc3)c2)cn1C. The Hall–Kier alpha value is -3.93. The number of amides is 1. The highest BCUT2D eigenvalue weighted by atomic mass is 16.5. The molecular weight excluding hydrogens is 392 g/mol. The summed E-state index contributed by atoms with van der Waals surface area (Å²) in [5.74, 6) is -0.686. The van der Waals surface area contributed by atoms with Crippen LogP contribution in [-0.4, -0.2) is 28.8 Å². The molecule has 0 fully saturated rings. The zero-order chi connectivity index (χ0) is 22.2. The number of nitrogens with zero attached hydrogens (tertiary/aromatic N) is 1. The van der Waals surface area contributed by atoms with Gasteiger partial charge in [-0.1, -0.05) is 30.3 Å². The number of ketones is 1. The number of benzene rings is 2. The fourth-order valence-corrected chi connectivity index (χ4v) is 3.08. The molecule has 31 heavy (non-hydrogen) atoms. The van der Waals surface area contributed by atoms with Gasteiger partial charge in [-0.05, 0) is 48.9 Å². The first-order valence-electron chi connectivity index (χ1n) is 9.96. The molecule has 2 aromatic carbocycles. The average Bonchev–Trinajstić information content (AvgIpc) is 3.14. The van der Waals surface area contributed by atoms with Gasteiger partial charge in [0.05, 0.1) is 6.61 Å². The van der Waals surface area contributed by atoms with Gasteiger partial charge in [0, 0.05) is 48.2 Å². The van der Waals surface area contributed by atoms with Crippen molar-refractivity contribution in [3.05, 3.63) is 95.3 Å². The number of carbonyl (C=O) groups is 3. The Labute approximate surface area is 181 Å². The number of aryl methyl sites for hydroxylation is 1. The van der Waals surface area contributed by atoms with Crippen LogP contribution in [0.4, 0.5) is 5.69 Å². The first kappa shape index (κ1) is 21.8. The number of nitrogens with one attached hydrogen (secondary N) is 1. The van der Waals surface area contributed by atoms with E-state index in [1.54, 1.807) is 73.3 Å². The van der Waals surface area contributed by atoms with Gasteiger partial charge in [-0.15, -0.1) is 0 Å². The highest BCUT2D eigenvalue weighted by Gasteiger charge is 2.12. The Morgan fingerprint density at radius 3 is 2.52 bits per heavy atom. The average molecular weight is 416 g/mol. The highest BCUT2D eigenvalue weighted by Crippen LogP contribution is 2.16. The Kier molecular flexibility index (Phi) is 7.17. The molecule has 0 aliphatic carbocycles. The van der Waals surface area contributed by atoms with Crippen LogP contribution in [0.2, 0.25) is 0 Å². The number of rotatable bonds is 8. The number of ether oxygens (including phenoxy) is 1. The second-order valence-corrected chi connectivity index (χ2v) is 6.97. The van der Waals surface area contributed by atoms with Crippen molar-refractivity contribution in [1.29, 1.82) is 0 Å². The van der Waals surface area contributed by atoms with Gasteiger partial charge in [-0.2, -0.15) is 0 Å². The van der Waals surface area contributed by atoms with Crippen molar-refractivity contribution in [2.24, 2.45) is 7.05 Å². The van der Waals surface area contributed by atoms with Crippen LogP contribution in [-0.2, 0) is 23.0 Å². The van der Waals surface area contributed by atoms with Gasteiger partial charge in [-0.25, -0.2) is 4.79 Å². The molecule has 0 atom stereocenters. The Morgan fingerprint density at radius 1 is 1.00 bits per heavy atom. The topological polar surface area (TPSA) is 77.4 Å². The predicted molar refractivity (Wildman–Crippen MR) is 120 cm³/mol. The molecular formula is C25H24N2O4. The molecule has 0 saturated carbocycles. The van der Waals surface area contributed by atoms with Crippen molar-refractivity contribution >= 4 is 29.4 Å². The normalized spacial score (nSPS) is 10.8. The largest absolute Gasteiger partial charge is 0.463 e. The molecule has 3 aromatic rings. The molecule has 1 N–H and O–H groups in total. The summed E-state index contributed by atoms with van der Waals surface area (Å²) >= 11 is 0. The summed E-state index contributed by atoms with van der Waals surface area (Å²) in [7, 11) is 1.81. The number of Topliss-reactive ketones (excluding diaryl/α,β-unsaturated/α-hetero) is 1. The van der Waals surface area contributed by atoms with E-state index in [2.05, 4.69) is 5.32 Å². The number of carbonyl (C=O) groups excluding carboxylic acids is 3. The number of esters is 1. The molecule has 1 heterocycles. The van der Waals surface area contributed by atoms with E-state index in [9.17, 15) is 14.4 Å². The minimum absolute atomic E-state index is 0.0575. The smallest absolute Gasteiger partial charge is 0.330 e. The zero-order valence-electron chi connectivity index (χ0n) is 17.5.